The number of benzene rings is 1. The van der Waals surface area contributed by atoms with Gasteiger partial charge >= 0.3 is 0 Å². The van der Waals surface area contributed by atoms with Crippen molar-refractivity contribution in [2.45, 2.75) is 31.7 Å². The minimum atomic E-state index is -0.116. The average Bonchev–Trinajstić information content (AvgIpc) is 2.75. The zero-order valence-corrected chi connectivity index (χ0v) is 9.80. The summed E-state index contributed by atoms with van der Waals surface area (Å²) >= 11 is 0. The van der Waals surface area contributed by atoms with Crippen LogP contribution in [-0.4, -0.2) is 17.6 Å². The Bertz CT molecular complexity index is 512. The molecule has 1 saturated heterocycles. The van der Waals surface area contributed by atoms with E-state index in [-0.39, 0.29) is 5.82 Å². The monoisotopic (exact) mass is 232 g/mol. The highest BCUT2D eigenvalue weighted by Gasteiger charge is 2.16. The van der Waals surface area contributed by atoms with E-state index < -0.39 is 0 Å². The summed E-state index contributed by atoms with van der Waals surface area (Å²) in [7, 11) is 0. The zero-order chi connectivity index (χ0) is 11.7. The Hall–Kier alpha value is -1.35. The molecule has 0 aliphatic carbocycles. The number of hydrogen-bond acceptors (Lipinski definition) is 1. The Morgan fingerprint density at radius 1 is 1.29 bits per heavy atom. The van der Waals surface area contributed by atoms with Crippen molar-refractivity contribution < 1.29 is 4.39 Å². The summed E-state index contributed by atoms with van der Waals surface area (Å²) in [6.07, 6.45) is 6.60. The molecule has 2 aromatic rings. The van der Waals surface area contributed by atoms with Crippen LogP contribution in [0.15, 0.2) is 24.4 Å². The van der Waals surface area contributed by atoms with Crippen molar-refractivity contribution in [2.75, 3.05) is 6.54 Å². The molecule has 3 rings (SSSR count). The molecule has 0 saturated carbocycles. The van der Waals surface area contributed by atoms with Crippen LogP contribution in [-0.2, 0) is 6.42 Å². The third kappa shape index (κ3) is 2.07. The van der Waals surface area contributed by atoms with Crippen molar-refractivity contribution in [1.29, 1.82) is 0 Å². The maximum atomic E-state index is 13.8. The number of fused-ring (bicyclic) bond motifs is 1. The minimum absolute atomic E-state index is 0.116. The summed E-state index contributed by atoms with van der Waals surface area (Å²) in [6, 6.07) is 5.71. The zero-order valence-electron chi connectivity index (χ0n) is 9.80. The average molecular weight is 232 g/mol. The van der Waals surface area contributed by atoms with Gasteiger partial charge in [-0.15, -0.1) is 0 Å². The fraction of sp³-hybridized carbons (Fsp3) is 0.429. The van der Waals surface area contributed by atoms with Gasteiger partial charge in [-0.2, -0.15) is 0 Å². The van der Waals surface area contributed by atoms with Gasteiger partial charge in [0.25, 0.3) is 0 Å². The van der Waals surface area contributed by atoms with Crippen molar-refractivity contribution in [3.05, 3.63) is 35.8 Å². The smallest absolute Gasteiger partial charge is 0.132 e. The summed E-state index contributed by atoms with van der Waals surface area (Å²) < 4.78 is 13.8. The molecule has 1 aliphatic rings. The van der Waals surface area contributed by atoms with Crippen LogP contribution in [0.1, 0.15) is 24.8 Å². The molecule has 0 bridgehead atoms. The van der Waals surface area contributed by atoms with Crippen molar-refractivity contribution in [3.8, 4) is 0 Å². The van der Waals surface area contributed by atoms with Gasteiger partial charge < -0.3 is 10.3 Å². The second-order valence-corrected chi connectivity index (χ2v) is 4.83. The molecular formula is C14H17FN2. The normalized spacial score (nSPS) is 20.9. The van der Waals surface area contributed by atoms with Crippen molar-refractivity contribution in [3.63, 3.8) is 0 Å². The van der Waals surface area contributed by atoms with E-state index in [1.165, 1.54) is 25.3 Å². The van der Waals surface area contributed by atoms with Crippen LogP contribution in [0.25, 0.3) is 10.9 Å². The number of aromatic amines is 1. The van der Waals surface area contributed by atoms with Crippen LogP contribution in [0.3, 0.4) is 0 Å². The first-order chi connectivity index (χ1) is 8.34. The molecule has 3 heteroatoms. The van der Waals surface area contributed by atoms with Gasteiger partial charge in [0.2, 0.25) is 0 Å². The molecule has 2 heterocycles. The SMILES string of the molecule is Fc1cccc2[nH]cc(CC3CCCCN3)c12. The van der Waals surface area contributed by atoms with Crippen LogP contribution in [0.5, 0.6) is 0 Å². The van der Waals surface area contributed by atoms with Crippen molar-refractivity contribution in [1.82, 2.24) is 10.3 Å². The van der Waals surface area contributed by atoms with Crippen LogP contribution < -0.4 is 5.32 Å². The second kappa shape index (κ2) is 4.49. The molecule has 17 heavy (non-hydrogen) atoms. The fourth-order valence-electron chi connectivity index (χ4n) is 2.73. The molecule has 1 aromatic carbocycles. The number of aromatic nitrogens is 1. The molecule has 1 fully saturated rings. The summed E-state index contributed by atoms with van der Waals surface area (Å²) in [5.41, 5.74) is 1.99. The quantitative estimate of drug-likeness (QED) is 0.818. The molecule has 0 radical (unpaired) electrons. The molecule has 0 amide bonds. The molecule has 2 N–H and O–H groups in total. The van der Waals surface area contributed by atoms with Crippen molar-refractivity contribution >= 4 is 10.9 Å². The Balaban J connectivity index is 1.89. The van der Waals surface area contributed by atoms with Gasteiger partial charge in [0.15, 0.2) is 0 Å². The Morgan fingerprint density at radius 3 is 3.06 bits per heavy atom. The lowest BCUT2D eigenvalue weighted by atomic mass is 9.97. The maximum absolute atomic E-state index is 13.8. The van der Waals surface area contributed by atoms with Crippen LogP contribution >= 0.6 is 0 Å². The van der Waals surface area contributed by atoms with Gasteiger partial charge in [-0.05, 0) is 43.5 Å². The first-order valence-corrected chi connectivity index (χ1v) is 6.32. The second-order valence-electron chi connectivity index (χ2n) is 4.83. The third-order valence-electron chi connectivity index (χ3n) is 3.62. The first kappa shape index (κ1) is 10.8. The van der Waals surface area contributed by atoms with Crippen LogP contribution in [0, 0.1) is 5.82 Å². The minimum Gasteiger partial charge on any atom is -0.361 e. The Labute approximate surface area is 100 Å². The van der Waals surface area contributed by atoms with E-state index in [1.54, 1.807) is 6.07 Å². The van der Waals surface area contributed by atoms with Gasteiger partial charge in [-0.3, -0.25) is 0 Å². The largest absolute Gasteiger partial charge is 0.361 e. The molecule has 1 atom stereocenters. The van der Waals surface area contributed by atoms with E-state index >= 15 is 0 Å². The van der Waals surface area contributed by atoms with E-state index in [0.717, 1.165) is 29.4 Å². The van der Waals surface area contributed by atoms with Crippen LogP contribution in [0.2, 0.25) is 0 Å². The Morgan fingerprint density at radius 2 is 2.24 bits per heavy atom. The lowest BCUT2D eigenvalue weighted by Gasteiger charge is -2.23. The predicted octanol–water partition coefficient (Wildman–Crippen LogP) is 2.99. The summed E-state index contributed by atoms with van der Waals surface area (Å²) in [6.45, 7) is 1.09. The van der Waals surface area contributed by atoms with Gasteiger partial charge in [0.1, 0.15) is 5.82 Å². The van der Waals surface area contributed by atoms with Gasteiger partial charge in [-0.1, -0.05) is 12.5 Å². The summed E-state index contributed by atoms with van der Waals surface area (Å²) in [5.74, 6) is -0.116. The fourth-order valence-corrected chi connectivity index (χ4v) is 2.73. The standard InChI is InChI=1S/C14H17FN2/c15-12-5-3-6-13-14(12)10(9-17-13)8-11-4-1-2-7-16-11/h3,5-6,9,11,16-17H,1-2,4,7-8H2. The molecule has 0 spiro atoms. The summed E-state index contributed by atoms with van der Waals surface area (Å²) in [5, 5.41) is 4.27. The van der Waals surface area contributed by atoms with E-state index in [0.29, 0.717) is 6.04 Å². The highest BCUT2D eigenvalue weighted by molar-refractivity contribution is 5.83. The van der Waals surface area contributed by atoms with Gasteiger partial charge in [0.05, 0.1) is 0 Å². The van der Waals surface area contributed by atoms with Gasteiger partial charge in [0, 0.05) is 23.1 Å². The Kier molecular flexibility index (Phi) is 2.85. The van der Waals surface area contributed by atoms with E-state index in [1.807, 2.05) is 12.3 Å². The predicted molar refractivity (Wildman–Crippen MR) is 67.6 cm³/mol. The van der Waals surface area contributed by atoms with E-state index in [2.05, 4.69) is 10.3 Å². The van der Waals surface area contributed by atoms with Crippen LogP contribution in [0.4, 0.5) is 4.39 Å². The van der Waals surface area contributed by atoms with E-state index in [4.69, 9.17) is 0 Å². The third-order valence-corrected chi connectivity index (χ3v) is 3.62. The number of H-pyrrole nitrogens is 1. The number of piperidine rings is 1. The van der Waals surface area contributed by atoms with Crippen molar-refractivity contribution in [2.24, 2.45) is 0 Å². The lowest BCUT2D eigenvalue weighted by Crippen LogP contribution is -2.35. The molecule has 1 aliphatic heterocycles. The first-order valence-electron chi connectivity index (χ1n) is 6.32. The topological polar surface area (TPSA) is 27.8 Å². The molecule has 2 nitrogen and oxygen atoms in total. The molecular weight excluding hydrogens is 215 g/mol. The van der Waals surface area contributed by atoms with Gasteiger partial charge in [-0.25, -0.2) is 4.39 Å². The lowest BCUT2D eigenvalue weighted by molar-refractivity contribution is 0.400. The highest BCUT2D eigenvalue weighted by Crippen LogP contribution is 2.24. The maximum Gasteiger partial charge on any atom is 0.132 e. The molecule has 90 valence electrons. The number of nitrogens with one attached hydrogen (secondary N) is 2. The molecule has 1 unspecified atom stereocenters. The highest BCUT2D eigenvalue weighted by atomic mass is 19.1. The number of rotatable bonds is 2. The summed E-state index contributed by atoms with van der Waals surface area (Å²) in [4.78, 5) is 3.15. The van der Waals surface area contributed by atoms with E-state index in [9.17, 15) is 4.39 Å². The molecule has 1 aromatic heterocycles. The number of halogens is 1. The number of hydrogen-bond donors (Lipinski definition) is 2.